The van der Waals surface area contributed by atoms with E-state index in [2.05, 4.69) is 15.4 Å². The van der Waals surface area contributed by atoms with Crippen molar-refractivity contribution < 1.29 is 13.2 Å². The number of aryl methyl sites for hydroxylation is 2. The molecule has 0 amide bonds. The number of anilines is 3. The molecule has 3 N–H and O–H groups in total. The highest BCUT2D eigenvalue weighted by Crippen LogP contribution is 2.26. The molecule has 0 aliphatic rings. The molecule has 0 fully saturated rings. The van der Waals surface area contributed by atoms with Crippen molar-refractivity contribution in [2.45, 2.75) is 18.7 Å². The summed E-state index contributed by atoms with van der Waals surface area (Å²) in [6.07, 6.45) is 0. The molecule has 0 bridgehead atoms. The van der Waals surface area contributed by atoms with Gasteiger partial charge in [0, 0.05) is 11.4 Å². The van der Waals surface area contributed by atoms with Gasteiger partial charge in [0.05, 0.1) is 17.7 Å². The van der Waals surface area contributed by atoms with Gasteiger partial charge in [-0.25, -0.2) is 8.42 Å². The van der Waals surface area contributed by atoms with Crippen LogP contribution in [0, 0.1) is 13.8 Å². The molecule has 0 saturated heterocycles. The van der Waals surface area contributed by atoms with Crippen molar-refractivity contribution in [3.63, 3.8) is 0 Å². The first-order valence-electron chi connectivity index (χ1n) is 9.19. The van der Waals surface area contributed by atoms with Gasteiger partial charge in [0.2, 0.25) is 0 Å². The van der Waals surface area contributed by atoms with Crippen LogP contribution in [-0.2, 0) is 10.0 Å². The second-order valence-electron chi connectivity index (χ2n) is 6.73. The second-order valence-corrected chi connectivity index (χ2v) is 8.82. The Balaban J connectivity index is 1.69. The van der Waals surface area contributed by atoms with E-state index < -0.39 is 10.0 Å². The van der Waals surface area contributed by atoms with E-state index in [1.54, 1.807) is 36.4 Å². The predicted molar refractivity (Wildman–Crippen MR) is 126 cm³/mol. The number of hydrogen-bond acceptors (Lipinski definition) is 4. The normalized spacial score (nSPS) is 10.9. The van der Waals surface area contributed by atoms with Gasteiger partial charge >= 0.3 is 0 Å². The van der Waals surface area contributed by atoms with Gasteiger partial charge in [-0.3, -0.25) is 4.72 Å². The summed E-state index contributed by atoms with van der Waals surface area (Å²) in [7, 11) is -2.27. The van der Waals surface area contributed by atoms with Crippen LogP contribution in [0.2, 0.25) is 0 Å². The molecule has 0 aromatic heterocycles. The SMILES string of the molecule is COc1ccccc1NS(=O)(=O)c1ccc(NC(=S)Nc2cc(C)ccc2C)cc1. The van der Waals surface area contributed by atoms with E-state index >= 15 is 0 Å². The number of para-hydroxylation sites is 2. The maximum absolute atomic E-state index is 12.7. The maximum Gasteiger partial charge on any atom is 0.262 e. The quantitative estimate of drug-likeness (QED) is 0.471. The molecular weight excluding hydrogens is 418 g/mol. The van der Waals surface area contributed by atoms with E-state index in [1.165, 1.54) is 19.2 Å². The lowest BCUT2D eigenvalue weighted by atomic mass is 10.1. The van der Waals surface area contributed by atoms with E-state index in [1.807, 2.05) is 32.0 Å². The average molecular weight is 442 g/mol. The smallest absolute Gasteiger partial charge is 0.262 e. The number of sulfonamides is 1. The molecular formula is C22H23N3O3S2. The highest BCUT2D eigenvalue weighted by Gasteiger charge is 2.16. The zero-order valence-corrected chi connectivity index (χ0v) is 18.5. The molecule has 3 aromatic rings. The van der Waals surface area contributed by atoms with Crippen molar-refractivity contribution in [3.05, 3.63) is 77.9 Å². The zero-order valence-electron chi connectivity index (χ0n) is 16.9. The molecule has 30 heavy (non-hydrogen) atoms. The van der Waals surface area contributed by atoms with Crippen LogP contribution in [-0.4, -0.2) is 20.6 Å². The average Bonchev–Trinajstić information content (AvgIpc) is 2.71. The number of ether oxygens (including phenoxy) is 1. The molecule has 0 aliphatic carbocycles. The monoisotopic (exact) mass is 441 g/mol. The molecule has 3 aromatic carbocycles. The number of benzene rings is 3. The second kappa shape index (κ2) is 9.15. The minimum absolute atomic E-state index is 0.132. The largest absolute Gasteiger partial charge is 0.495 e. The Morgan fingerprint density at radius 2 is 1.60 bits per heavy atom. The molecule has 0 unspecified atom stereocenters. The third-order valence-corrected chi connectivity index (χ3v) is 6.00. The fourth-order valence-electron chi connectivity index (χ4n) is 2.81. The molecule has 156 valence electrons. The van der Waals surface area contributed by atoms with E-state index in [4.69, 9.17) is 17.0 Å². The number of hydrogen-bond donors (Lipinski definition) is 3. The number of thiocarbonyl (C=S) groups is 1. The minimum atomic E-state index is -3.76. The Bertz CT molecular complexity index is 1160. The van der Waals surface area contributed by atoms with Gasteiger partial charge in [-0.2, -0.15) is 0 Å². The van der Waals surface area contributed by atoms with Crippen LogP contribution in [0.1, 0.15) is 11.1 Å². The van der Waals surface area contributed by atoms with Crippen LogP contribution in [0.25, 0.3) is 0 Å². The Morgan fingerprint density at radius 1 is 0.900 bits per heavy atom. The molecule has 8 heteroatoms. The molecule has 3 rings (SSSR count). The minimum Gasteiger partial charge on any atom is -0.495 e. The molecule has 0 heterocycles. The lowest BCUT2D eigenvalue weighted by Gasteiger charge is -2.14. The first kappa shape index (κ1) is 21.6. The molecule has 0 aliphatic heterocycles. The molecule has 0 spiro atoms. The number of methoxy groups -OCH3 is 1. The summed E-state index contributed by atoms with van der Waals surface area (Å²) in [6.45, 7) is 4.01. The summed E-state index contributed by atoms with van der Waals surface area (Å²) in [4.78, 5) is 0.132. The molecule has 0 atom stereocenters. The van der Waals surface area contributed by atoms with Crippen molar-refractivity contribution >= 4 is 44.4 Å². The first-order valence-corrected chi connectivity index (χ1v) is 11.1. The predicted octanol–water partition coefficient (Wildman–Crippen LogP) is 4.92. The standard InChI is InChI=1S/C22H23N3O3S2/c1-15-8-9-16(2)20(14-15)24-22(29)23-17-10-12-18(13-11-17)30(26,27)25-19-6-4-5-7-21(19)28-3/h4-14,25H,1-3H3,(H2,23,24,29). The summed E-state index contributed by atoms with van der Waals surface area (Å²) in [6, 6.07) is 19.3. The number of rotatable bonds is 6. The van der Waals surface area contributed by atoms with Crippen LogP contribution in [0.3, 0.4) is 0 Å². The van der Waals surface area contributed by atoms with Gasteiger partial charge < -0.3 is 15.4 Å². The highest BCUT2D eigenvalue weighted by molar-refractivity contribution is 7.92. The van der Waals surface area contributed by atoms with Crippen LogP contribution < -0.4 is 20.1 Å². The van der Waals surface area contributed by atoms with Gasteiger partial charge in [0.25, 0.3) is 10.0 Å². The molecule has 0 saturated carbocycles. The van der Waals surface area contributed by atoms with Crippen molar-refractivity contribution in [2.75, 3.05) is 22.5 Å². The lowest BCUT2D eigenvalue weighted by Crippen LogP contribution is -2.20. The fourth-order valence-corrected chi connectivity index (χ4v) is 4.10. The van der Waals surface area contributed by atoms with Crippen molar-refractivity contribution in [1.82, 2.24) is 0 Å². The van der Waals surface area contributed by atoms with E-state index in [-0.39, 0.29) is 4.90 Å². The van der Waals surface area contributed by atoms with Crippen LogP contribution in [0.4, 0.5) is 17.1 Å². The van der Waals surface area contributed by atoms with Gasteiger partial charge in [0.15, 0.2) is 5.11 Å². The Hall–Kier alpha value is -3.10. The summed E-state index contributed by atoms with van der Waals surface area (Å²) in [5.41, 5.74) is 4.18. The zero-order chi connectivity index (χ0) is 21.7. The van der Waals surface area contributed by atoms with Gasteiger partial charge in [-0.15, -0.1) is 0 Å². The molecule has 0 radical (unpaired) electrons. The van der Waals surface area contributed by atoms with Crippen LogP contribution in [0.15, 0.2) is 71.6 Å². The Labute approximate surface area is 182 Å². The van der Waals surface area contributed by atoms with E-state index in [0.29, 0.717) is 22.2 Å². The Kier molecular flexibility index (Phi) is 6.59. The maximum atomic E-state index is 12.7. The van der Waals surface area contributed by atoms with E-state index in [9.17, 15) is 8.42 Å². The summed E-state index contributed by atoms with van der Waals surface area (Å²) in [5.74, 6) is 0.447. The highest BCUT2D eigenvalue weighted by atomic mass is 32.2. The van der Waals surface area contributed by atoms with E-state index in [0.717, 1.165) is 16.8 Å². The molecule has 6 nitrogen and oxygen atoms in total. The fraction of sp³-hybridized carbons (Fsp3) is 0.136. The van der Waals surface area contributed by atoms with Gasteiger partial charge in [-0.05, 0) is 79.7 Å². The third-order valence-electron chi connectivity index (χ3n) is 4.42. The summed E-state index contributed by atoms with van der Waals surface area (Å²) in [5, 5.41) is 6.66. The van der Waals surface area contributed by atoms with Crippen molar-refractivity contribution in [3.8, 4) is 5.75 Å². The Morgan fingerprint density at radius 3 is 2.30 bits per heavy atom. The third kappa shape index (κ3) is 5.28. The van der Waals surface area contributed by atoms with Crippen LogP contribution in [0.5, 0.6) is 5.75 Å². The number of nitrogens with one attached hydrogen (secondary N) is 3. The van der Waals surface area contributed by atoms with Crippen molar-refractivity contribution in [2.24, 2.45) is 0 Å². The lowest BCUT2D eigenvalue weighted by molar-refractivity contribution is 0.417. The first-order chi connectivity index (χ1) is 14.3. The van der Waals surface area contributed by atoms with Gasteiger partial charge in [-0.1, -0.05) is 24.3 Å². The van der Waals surface area contributed by atoms with Crippen molar-refractivity contribution in [1.29, 1.82) is 0 Å². The topological polar surface area (TPSA) is 79.5 Å². The summed E-state index contributed by atoms with van der Waals surface area (Å²) < 4.78 is 33.1. The van der Waals surface area contributed by atoms with Gasteiger partial charge in [0.1, 0.15) is 5.75 Å². The van der Waals surface area contributed by atoms with Crippen LogP contribution >= 0.6 is 12.2 Å². The summed E-state index contributed by atoms with van der Waals surface area (Å²) >= 11 is 5.37.